The normalized spacial score (nSPS) is 16.1. The summed E-state index contributed by atoms with van der Waals surface area (Å²) in [6.07, 6.45) is 5.67. The van der Waals surface area contributed by atoms with Gasteiger partial charge in [0.2, 0.25) is 0 Å². The van der Waals surface area contributed by atoms with E-state index in [2.05, 4.69) is 27.9 Å². The molecule has 1 atom stereocenters. The van der Waals surface area contributed by atoms with Crippen molar-refractivity contribution in [1.29, 1.82) is 0 Å². The van der Waals surface area contributed by atoms with Gasteiger partial charge in [-0.3, -0.25) is 9.69 Å². The molecule has 4 heterocycles. The SMILES string of the molecule is COCCn1cc(-c2ccc(C(=O)N(c3nccc4scc(C)c34)[C@@H]3CCCNC3)cc2)nn1. The second-order valence-electron chi connectivity index (χ2n) is 8.54. The summed E-state index contributed by atoms with van der Waals surface area (Å²) in [5, 5.41) is 15.0. The minimum atomic E-state index is -0.0328. The summed E-state index contributed by atoms with van der Waals surface area (Å²) in [5.41, 5.74) is 3.47. The first-order chi connectivity index (χ1) is 16.7. The van der Waals surface area contributed by atoms with E-state index in [1.807, 2.05) is 41.4 Å². The molecule has 1 fully saturated rings. The summed E-state index contributed by atoms with van der Waals surface area (Å²) < 4.78 is 8.01. The predicted molar refractivity (Wildman–Crippen MR) is 134 cm³/mol. The number of fused-ring (bicyclic) bond motifs is 1. The first kappa shape index (κ1) is 22.6. The Bertz CT molecular complexity index is 1280. The third-order valence-corrected chi connectivity index (χ3v) is 7.29. The van der Waals surface area contributed by atoms with E-state index in [0.717, 1.165) is 58.7 Å². The van der Waals surface area contributed by atoms with Gasteiger partial charge < -0.3 is 10.1 Å². The van der Waals surface area contributed by atoms with Crippen molar-refractivity contribution in [3.05, 3.63) is 59.2 Å². The van der Waals surface area contributed by atoms with E-state index in [1.165, 1.54) is 0 Å². The van der Waals surface area contributed by atoms with Crippen LogP contribution in [0.15, 0.2) is 48.1 Å². The van der Waals surface area contributed by atoms with Crippen molar-refractivity contribution >= 4 is 33.1 Å². The maximum absolute atomic E-state index is 13.9. The monoisotopic (exact) mass is 476 g/mol. The van der Waals surface area contributed by atoms with E-state index in [9.17, 15) is 4.79 Å². The van der Waals surface area contributed by atoms with Crippen LogP contribution in [0, 0.1) is 6.92 Å². The number of aromatic nitrogens is 4. The number of anilines is 1. The smallest absolute Gasteiger partial charge is 0.259 e. The summed E-state index contributed by atoms with van der Waals surface area (Å²) in [7, 11) is 1.66. The molecule has 8 nitrogen and oxygen atoms in total. The molecule has 176 valence electrons. The number of thiophene rings is 1. The van der Waals surface area contributed by atoms with Gasteiger partial charge in [-0.25, -0.2) is 9.67 Å². The average molecular weight is 477 g/mol. The number of rotatable bonds is 7. The highest BCUT2D eigenvalue weighted by Crippen LogP contribution is 2.35. The highest BCUT2D eigenvalue weighted by atomic mass is 32.1. The molecule has 0 spiro atoms. The first-order valence-electron chi connectivity index (χ1n) is 11.5. The Balaban J connectivity index is 1.47. The van der Waals surface area contributed by atoms with Crippen LogP contribution in [0.1, 0.15) is 28.8 Å². The van der Waals surface area contributed by atoms with E-state index >= 15 is 0 Å². The van der Waals surface area contributed by atoms with E-state index in [1.54, 1.807) is 29.3 Å². The van der Waals surface area contributed by atoms with E-state index in [-0.39, 0.29) is 11.9 Å². The number of aryl methyl sites for hydroxylation is 1. The van der Waals surface area contributed by atoms with Crippen molar-refractivity contribution < 1.29 is 9.53 Å². The molecular weight excluding hydrogens is 448 g/mol. The van der Waals surface area contributed by atoms with Crippen LogP contribution in [0.4, 0.5) is 5.82 Å². The van der Waals surface area contributed by atoms with Gasteiger partial charge in [-0.2, -0.15) is 0 Å². The largest absolute Gasteiger partial charge is 0.383 e. The number of hydrogen-bond acceptors (Lipinski definition) is 7. The fourth-order valence-electron chi connectivity index (χ4n) is 4.43. The number of piperidine rings is 1. The van der Waals surface area contributed by atoms with Crippen LogP contribution in [-0.2, 0) is 11.3 Å². The van der Waals surface area contributed by atoms with Gasteiger partial charge in [0, 0.05) is 41.1 Å². The molecule has 1 amide bonds. The van der Waals surface area contributed by atoms with E-state index < -0.39 is 0 Å². The molecule has 34 heavy (non-hydrogen) atoms. The van der Waals surface area contributed by atoms with Crippen LogP contribution in [0.2, 0.25) is 0 Å². The summed E-state index contributed by atoms with van der Waals surface area (Å²) in [6.45, 7) is 5.04. The van der Waals surface area contributed by atoms with Crippen molar-refractivity contribution in [3.63, 3.8) is 0 Å². The standard InChI is InChI=1S/C25H28N6O2S/c1-17-16-34-22-9-11-27-24(23(17)22)31(20-4-3-10-26-14-20)25(32)19-7-5-18(6-8-19)21-15-30(29-28-21)12-13-33-2/h5-9,11,15-16,20,26H,3-4,10,12-14H2,1-2H3/t20-/m1/s1. The molecule has 3 aromatic heterocycles. The molecule has 1 N–H and O–H groups in total. The number of nitrogens with zero attached hydrogens (tertiary/aromatic N) is 5. The summed E-state index contributed by atoms with van der Waals surface area (Å²) >= 11 is 1.69. The number of nitrogens with one attached hydrogen (secondary N) is 1. The van der Waals surface area contributed by atoms with Gasteiger partial charge in [-0.05, 0) is 55.5 Å². The van der Waals surface area contributed by atoms with Gasteiger partial charge in [0.05, 0.1) is 25.4 Å². The highest BCUT2D eigenvalue weighted by Gasteiger charge is 2.30. The summed E-state index contributed by atoms with van der Waals surface area (Å²) in [5.74, 6) is 0.717. The lowest BCUT2D eigenvalue weighted by atomic mass is 10.0. The van der Waals surface area contributed by atoms with Crippen LogP contribution < -0.4 is 10.2 Å². The third kappa shape index (κ3) is 4.46. The van der Waals surface area contributed by atoms with Crippen molar-refractivity contribution in [1.82, 2.24) is 25.3 Å². The molecule has 9 heteroatoms. The van der Waals surface area contributed by atoms with Gasteiger partial charge in [0.15, 0.2) is 0 Å². The molecule has 0 unspecified atom stereocenters. The van der Waals surface area contributed by atoms with Crippen LogP contribution in [0.5, 0.6) is 0 Å². The summed E-state index contributed by atoms with van der Waals surface area (Å²) in [4.78, 5) is 20.5. The van der Waals surface area contributed by atoms with Gasteiger partial charge in [-0.15, -0.1) is 16.4 Å². The average Bonchev–Trinajstić information content (AvgIpc) is 3.51. The maximum Gasteiger partial charge on any atom is 0.259 e. The second-order valence-corrected chi connectivity index (χ2v) is 9.45. The Kier molecular flexibility index (Phi) is 6.66. The van der Waals surface area contributed by atoms with Crippen molar-refractivity contribution in [2.75, 3.05) is 31.7 Å². The molecule has 1 saturated heterocycles. The zero-order chi connectivity index (χ0) is 23.5. The zero-order valence-electron chi connectivity index (χ0n) is 19.4. The number of methoxy groups -OCH3 is 1. The molecular formula is C25H28N6O2S. The molecule has 0 bridgehead atoms. The van der Waals surface area contributed by atoms with Gasteiger partial charge >= 0.3 is 0 Å². The lowest BCUT2D eigenvalue weighted by molar-refractivity contribution is 0.0972. The Labute approximate surface area is 202 Å². The Morgan fingerprint density at radius 3 is 2.91 bits per heavy atom. The fourth-order valence-corrected chi connectivity index (χ4v) is 5.36. The lowest BCUT2D eigenvalue weighted by Crippen LogP contribution is -2.49. The Morgan fingerprint density at radius 2 is 2.15 bits per heavy atom. The predicted octanol–water partition coefficient (Wildman–Crippen LogP) is 3.91. The van der Waals surface area contributed by atoms with Gasteiger partial charge in [-0.1, -0.05) is 17.3 Å². The van der Waals surface area contributed by atoms with E-state index in [4.69, 9.17) is 9.72 Å². The van der Waals surface area contributed by atoms with Crippen LogP contribution >= 0.6 is 11.3 Å². The van der Waals surface area contributed by atoms with Gasteiger partial charge in [0.1, 0.15) is 11.5 Å². The van der Waals surface area contributed by atoms with E-state index in [0.29, 0.717) is 18.7 Å². The maximum atomic E-state index is 13.9. The second kappa shape index (κ2) is 10.0. The minimum absolute atomic E-state index is 0.0328. The fraction of sp³-hybridized carbons (Fsp3) is 0.360. The molecule has 0 aliphatic carbocycles. The Hall–Kier alpha value is -3.14. The highest BCUT2D eigenvalue weighted by molar-refractivity contribution is 7.17. The molecule has 1 aliphatic rings. The third-order valence-electron chi connectivity index (χ3n) is 6.22. The molecule has 1 aliphatic heterocycles. The Morgan fingerprint density at radius 1 is 1.29 bits per heavy atom. The number of benzene rings is 1. The molecule has 1 aromatic carbocycles. The lowest BCUT2D eigenvalue weighted by Gasteiger charge is -2.34. The zero-order valence-corrected chi connectivity index (χ0v) is 20.2. The number of amides is 1. The summed E-state index contributed by atoms with van der Waals surface area (Å²) in [6, 6.07) is 9.68. The number of pyridine rings is 1. The van der Waals surface area contributed by atoms with Crippen molar-refractivity contribution in [2.45, 2.75) is 32.4 Å². The topological polar surface area (TPSA) is 85.2 Å². The van der Waals surface area contributed by atoms with Crippen LogP contribution in [-0.4, -0.2) is 58.7 Å². The van der Waals surface area contributed by atoms with Crippen LogP contribution in [0.25, 0.3) is 21.3 Å². The number of ether oxygens (including phenoxy) is 1. The van der Waals surface area contributed by atoms with Crippen molar-refractivity contribution in [3.8, 4) is 11.3 Å². The quantitative estimate of drug-likeness (QED) is 0.435. The van der Waals surface area contributed by atoms with Crippen molar-refractivity contribution in [2.24, 2.45) is 0 Å². The minimum Gasteiger partial charge on any atom is -0.383 e. The van der Waals surface area contributed by atoms with Gasteiger partial charge in [0.25, 0.3) is 5.91 Å². The number of carbonyl (C=O) groups is 1. The first-order valence-corrected chi connectivity index (χ1v) is 12.4. The molecule has 0 saturated carbocycles. The van der Waals surface area contributed by atoms with Crippen LogP contribution in [0.3, 0.4) is 0 Å². The molecule has 0 radical (unpaired) electrons. The molecule has 5 rings (SSSR count). The number of hydrogen-bond donors (Lipinski definition) is 1. The number of carbonyl (C=O) groups excluding carboxylic acids is 1. The molecule has 4 aromatic rings.